The van der Waals surface area contributed by atoms with E-state index >= 15 is 0 Å². The molecule has 2 rings (SSSR count). The first kappa shape index (κ1) is 12.1. The van der Waals surface area contributed by atoms with Crippen molar-refractivity contribution in [3.05, 3.63) is 52.1 Å². The zero-order valence-corrected chi connectivity index (χ0v) is 10.6. The van der Waals surface area contributed by atoms with Crippen molar-refractivity contribution in [2.75, 3.05) is 0 Å². The molecule has 0 amide bonds. The molecular weight excluding hydrogens is 232 g/mol. The van der Waals surface area contributed by atoms with Gasteiger partial charge in [-0.2, -0.15) is 0 Å². The van der Waals surface area contributed by atoms with Gasteiger partial charge in [0.25, 0.3) is 0 Å². The third-order valence-corrected chi connectivity index (χ3v) is 3.29. The monoisotopic (exact) mass is 246 g/mol. The minimum atomic E-state index is 0.203. The maximum Gasteiger partial charge on any atom is 0.184 e. The molecule has 0 unspecified atom stereocenters. The molecule has 17 heavy (non-hydrogen) atoms. The van der Waals surface area contributed by atoms with Crippen molar-refractivity contribution >= 4 is 23.5 Å². The number of ketones is 1. The summed E-state index contributed by atoms with van der Waals surface area (Å²) < 4.78 is 0. The smallest absolute Gasteiger partial charge is 0.184 e. The lowest BCUT2D eigenvalue weighted by Crippen LogP contribution is -2.12. The van der Waals surface area contributed by atoms with Gasteiger partial charge in [-0.15, -0.1) is 0 Å². The molecule has 1 aliphatic rings. The highest BCUT2D eigenvalue weighted by Crippen LogP contribution is 2.26. The molecule has 2 heteroatoms. The molecule has 0 radical (unpaired) electrons. The molecule has 0 N–H and O–H groups in total. The van der Waals surface area contributed by atoms with Crippen LogP contribution in [0.2, 0.25) is 5.02 Å². The first-order valence-electron chi connectivity index (χ1n) is 5.86. The highest BCUT2D eigenvalue weighted by atomic mass is 35.5. The molecule has 1 fully saturated rings. The number of Topliss-reactive ketones (excluding diaryl/α,β-unsaturated/α-hetero) is 1. The number of carbonyl (C=O) groups is 1. The predicted molar refractivity (Wildman–Crippen MR) is 72.0 cm³/mol. The summed E-state index contributed by atoms with van der Waals surface area (Å²) in [5, 5.41) is 0.719. The topological polar surface area (TPSA) is 17.1 Å². The molecule has 0 spiro atoms. The Morgan fingerprint density at radius 3 is 2.41 bits per heavy atom. The Morgan fingerprint density at radius 1 is 1.12 bits per heavy atom. The largest absolute Gasteiger partial charge is 0.289 e. The maximum absolute atomic E-state index is 12.1. The van der Waals surface area contributed by atoms with Crippen LogP contribution < -0.4 is 0 Å². The van der Waals surface area contributed by atoms with Crippen LogP contribution in [0.25, 0.3) is 6.08 Å². The number of hydrogen-bond donors (Lipinski definition) is 0. The maximum atomic E-state index is 12.1. The second-order valence-corrected chi connectivity index (χ2v) is 4.65. The minimum absolute atomic E-state index is 0.203. The van der Waals surface area contributed by atoms with Crippen molar-refractivity contribution in [3.63, 3.8) is 0 Å². The fourth-order valence-corrected chi connectivity index (χ4v) is 2.20. The average Bonchev–Trinajstić information content (AvgIpc) is 2.35. The second kappa shape index (κ2) is 5.33. The normalized spacial score (nSPS) is 21.2. The van der Waals surface area contributed by atoms with Gasteiger partial charge in [0.1, 0.15) is 0 Å². The number of rotatable bonds is 1. The molecule has 1 nitrogen and oxygen atoms in total. The Morgan fingerprint density at radius 2 is 1.76 bits per heavy atom. The van der Waals surface area contributed by atoms with Crippen LogP contribution in [0.4, 0.5) is 0 Å². The van der Waals surface area contributed by atoms with E-state index in [0.29, 0.717) is 0 Å². The van der Waals surface area contributed by atoms with E-state index in [-0.39, 0.29) is 5.78 Å². The van der Waals surface area contributed by atoms with Gasteiger partial charge in [-0.3, -0.25) is 4.79 Å². The molecule has 0 heterocycles. The first-order valence-corrected chi connectivity index (χ1v) is 6.24. The van der Waals surface area contributed by atoms with E-state index in [1.54, 1.807) is 0 Å². The van der Waals surface area contributed by atoms with Crippen LogP contribution in [0.15, 0.2) is 41.5 Å². The predicted octanol–water partition coefficient (Wildman–Crippen LogP) is 4.42. The summed E-state index contributed by atoms with van der Waals surface area (Å²) in [5.41, 5.74) is 2.89. The molecule has 0 bridgehead atoms. The van der Waals surface area contributed by atoms with Gasteiger partial charge < -0.3 is 0 Å². The van der Waals surface area contributed by atoms with Crippen LogP contribution in [-0.4, -0.2) is 5.78 Å². The van der Waals surface area contributed by atoms with Gasteiger partial charge in [-0.05, 0) is 55.5 Å². The van der Waals surface area contributed by atoms with Gasteiger partial charge in [0, 0.05) is 10.6 Å². The molecule has 0 saturated heterocycles. The Kier molecular flexibility index (Phi) is 3.80. The summed E-state index contributed by atoms with van der Waals surface area (Å²) in [5.74, 6) is 0.203. The molecule has 0 aromatic heterocycles. The fourth-order valence-electron chi connectivity index (χ4n) is 2.08. The highest BCUT2D eigenvalue weighted by molar-refractivity contribution is 6.30. The van der Waals surface area contributed by atoms with Crippen molar-refractivity contribution in [1.29, 1.82) is 0 Å². The minimum Gasteiger partial charge on any atom is -0.289 e. The van der Waals surface area contributed by atoms with Gasteiger partial charge in [-0.1, -0.05) is 29.8 Å². The third kappa shape index (κ3) is 2.86. The summed E-state index contributed by atoms with van der Waals surface area (Å²) in [6.45, 7) is 1.93. The van der Waals surface area contributed by atoms with E-state index in [2.05, 4.69) is 0 Å². The number of carbonyl (C=O) groups excluding carboxylic acids is 1. The second-order valence-electron chi connectivity index (χ2n) is 4.22. The highest BCUT2D eigenvalue weighted by Gasteiger charge is 2.19. The Hall–Kier alpha value is -1.34. The van der Waals surface area contributed by atoms with Crippen LogP contribution in [0.1, 0.15) is 31.7 Å². The standard InChI is InChI=1S/C15H15ClO/c1-2-12-4-3-5-13(15(12)17)10-11-6-8-14(16)9-7-11/h2,6-10H,3-5H2,1H3. The SMILES string of the molecule is CC=C1CCCC(=Cc2ccc(Cl)cc2)C1=O. The molecule has 1 aromatic rings. The number of halogens is 1. The van der Waals surface area contributed by atoms with Gasteiger partial charge in [0.15, 0.2) is 5.78 Å². The van der Waals surface area contributed by atoms with Crippen LogP contribution in [0.5, 0.6) is 0 Å². The summed E-state index contributed by atoms with van der Waals surface area (Å²) >= 11 is 5.83. The molecule has 1 aromatic carbocycles. The van der Waals surface area contributed by atoms with Crippen molar-refractivity contribution in [2.24, 2.45) is 0 Å². The van der Waals surface area contributed by atoms with Gasteiger partial charge in [-0.25, -0.2) is 0 Å². The van der Waals surface area contributed by atoms with E-state index < -0.39 is 0 Å². The Labute approximate surface area is 107 Å². The molecule has 1 saturated carbocycles. The van der Waals surface area contributed by atoms with E-state index in [4.69, 9.17) is 11.6 Å². The van der Waals surface area contributed by atoms with E-state index in [1.165, 1.54) is 0 Å². The first-order chi connectivity index (χ1) is 8.20. The average molecular weight is 247 g/mol. The Bertz CT molecular complexity index is 480. The van der Waals surface area contributed by atoms with Gasteiger partial charge >= 0.3 is 0 Å². The number of allylic oxidation sites excluding steroid dienone is 3. The van der Waals surface area contributed by atoms with Crippen LogP contribution in [0.3, 0.4) is 0 Å². The van der Waals surface area contributed by atoms with E-state index in [9.17, 15) is 4.79 Å². The molecule has 88 valence electrons. The van der Waals surface area contributed by atoms with Crippen molar-refractivity contribution in [3.8, 4) is 0 Å². The van der Waals surface area contributed by atoms with Crippen LogP contribution >= 0.6 is 11.6 Å². The fraction of sp³-hybridized carbons (Fsp3) is 0.267. The summed E-state index contributed by atoms with van der Waals surface area (Å²) in [7, 11) is 0. The van der Waals surface area contributed by atoms with Crippen LogP contribution in [0, 0.1) is 0 Å². The van der Waals surface area contributed by atoms with Crippen molar-refractivity contribution < 1.29 is 4.79 Å². The summed E-state index contributed by atoms with van der Waals surface area (Å²) in [4.78, 5) is 12.1. The summed E-state index contributed by atoms with van der Waals surface area (Å²) in [6, 6.07) is 7.56. The van der Waals surface area contributed by atoms with E-state index in [0.717, 1.165) is 41.0 Å². The number of benzene rings is 1. The third-order valence-electron chi connectivity index (χ3n) is 3.03. The van der Waals surface area contributed by atoms with Gasteiger partial charge in [0.05, 0.1) is 0 Å². The lowest BCUT2D eigenvalue weighted by molar-refractivity contribution is -0.112. The lowest BCUT2D eigenvalue weighted by Gasteiger charge is -2.15. The zero-order chi connectivity index (χ0) is 12.3. The van der Waals surface area contributed by atoms with Crippen molar-refractivity contribution in [2.45, 2.75) is 26.2 Å². The van der Waals surface area contributed by atoms with Crippen molar-refractivity contribution in [1.82, 2.24) is 0 Å². The van der Waals surface area contributed by atoms with Crippen LogP contribution in [-0.2, 0) is 4.79 Å². The quantitative estimate of drug-likeness (QED) is 0.671. The molecular formula is C15H15ClO. The van der Waals surface area contributed by atoms with E-state index in [1.807, 2.05) is 43.3 Å². The van der Waals surface area contributed by atoms with Gasteiger partial charge in [0.2, 0.25) is 0 Å². The summed E-state index contributed by atoms with van der Waals surface area (Å²) in [6.07, 6.45) is 6.75. The number of hydrogen-bond acceptors (Lipinski definition) is 1. The lowest BCUT2D eigenvalue weighted by atomic mass is 9.88. The molecule has 1 aliphatic carbocycles. The molecule has 0 atom stereocenters. The Balaban J connectivity index is 2.27. The zero-order valence-electron chi connectivity index (χ0n) is 9.87. The molecule has 0 aliphatic heterocycles.